The number of amides is 6. The second-order valence-electron chi connectivity index (χ2n) is 33.0. The van der Waals surface area contributed by atoms with Crippen molar-refractivity contribution in [1.82, 2.24) is 31.9 Å². The first-order chi connectivity index (χ1) is 62.1. The molecule has 132 heavy (non-hydrogen) atoms. The van der Waals surface area contributed by atoms with Gasteiger partial charge in [0.25, 0.3) is 0 Å². The minimum atomic E-state index is -5.46. The zero-order valence-electron chi connectivity index (χ0n) is 71.3. The van der Waals surface area contributed by atoms with Gasteiger partial charge in [-0.15, -0.1) is 0 Å². The molecule has 6 amide bonds. The van der Waals surface area contributed by atoms with Crippen LogP contribution >= 0.6 is 0 Å². The van der Waals surface area contributed by atoms with Gasteiger partial charge in [-0.25, -0.2) is 4.18 Å². The number of nitrogens with one attached hydrogen (secondary N) is 6. The van der Waals surface area contributed by atoms with Crippen LogP contribution in [0.5, 0.6) is 0 Å². The van der Waals surface area contributed by atoms with Crippen LogP contribution in [0.1, 0.15) is 48.5 Å². The van der Waals surface area contributed by atoms with Crippen molar-refractivity contribution in [3.63, 3.8) is 0 Å². The summed E-state index contributed by atoms with van der Waals surface area (Å²) in [5, 5.41) is 287. The lowest BCUT2D eigenvalue weighted by Gasteiger charge is -2.51. The molecule has 10 saturated heterocycles. The molecule has 0 aromatic heterocycles. The molecule has 762 valence electrons. The van der Waals surface area contributed by atoms with Crippen molar-refractivity contribution in [1.29, 1.82) is 0 Å². The van der Waals surface area contributed by atoms with Crippen LogP contribution in [0.2, 0.25) is 0 Å². The normalized spacial score (nSPS) is 46.8. The molecule has 10 rings (SSSR count). The van der Waals surface area contributed by atoms with Gasteiger partial charge in [-0.1, -0.05) is 0 Å². The Morgan fingerprint density at radius 3 is 0.917 bits per heavy atom. The number of hydrogen-bond acceptors (Lipinski definition) is 52. The van der Waals surface area contributed by atoms with E-state index in [1.807, 2.05) is 0 Å². The van der Waals surface area contributed by atoms with Crippen LogP contribution in [0.4, 0.5) is 0 Å². The maximum absolute atomic E-state index is 13.3. The molecule has 50 atom stereocenters. The van der Waals surface area contributed by atoms with Crippen molar-refractivity contribution in [2.45, 2.75) is 355 Å². The van der Waals surface area contributed by atoms with Crippen LogP contribution in [0, 0.1) is 0 Å². The third-order valence-electron chi connectivity index (χ3n) is 23.4. The van der Waals surface area contributed by atoms with E-state index in [9.17, 15) is 164 Å². The largest absolute Gasteiger partial charge is 0.397 e. The molecule has 0 aliphatic carbocycles. The van der Waals surface area contributed by atoms with E-state index in [0.717, 1.165) is 41.5 Å². The fraction of sp³-hybridized carbons (Fsp3) is 0.917. The minimum Gasteiger partial charge on any atom is -0.394 e. The highest BCUT2D eigenvalue weighted by Gasteiger charge is 2.62. The molecule has 0 bridgehead atoms. The van der Waals surface area contributed by atoms with Crippen molar-refractivity contribution >= 4 is 45.8 Å². The van der Waals surface area contributed by atoms with E-state index < -0.39 is 412 Å². The Kier molecular flexibility index (Phi) is 39.0. The van der Waals surface area contributed by atoms with Gasteiger partial charge in [0.1, 0.15) is 238 Å². The average Bonchev–Trinajstić information content (AvgIpc) is 0.586. The molecule has 0 aromatic carbocycles. The molecule has 60 heteroatoms. The third kappa shape index (κ3) is 25.2. The van der Waals surface area contributed by atoms with Gasteiger partial charge >= 0.3 is 10.4 Å². The summed E-state index contributed by atoms with van der Waals surface area (Å²) < 4.78 is 152. The van der Waals surface area contributed by atoms with E-state index in [2.05, 4.69) is 36.1 Å². The molecule has 0 saturated carbocycles. The average molecular weight is 1950 g/mol. The second kappa shape index (κ2) is 47.3. The van der Waals surface area contributed by atoms with E-state index in [0.29, 0.717) is 0 Å². The molecule has 31 N–H and O–H groups in total. The Labute approximate surface area is 748 Å². The van der Waals surface area contributed by atoms with Gasteiger partial charge in [-0.3, -0.25) is 33.3 Å². The first kappa shape index (κ1) is 109. The van der Waals surface area contributed by atoms with Crippen LogP contribution in [-0.4, -0.2) is 537 Å². The van der Waals surface area contributed by atoms with E-state index in [1.165, 1.54) is 6.92 Å². The second-order valence-corrected chi connectivity index (χ2v) is 34.0. The van der Waals surface area contributed by atoms with E-state index in [1.54, 1.807) is 0 Å². The van der Waals surface area contributed by atoms with E-state index in [4.69, 9.17) is 90.0 Å². The molecule has 10 fully saturated rings. The van der Waals surface area contributed by atoms with Crippen LogP contribution in [0.15, 0.2) is 0 Å². The van der Waals surface area contributed by atoms with Gasteiger partial charge < -0.3 is 244 Å². The van der Waals surface area contributed by atoms with Gasteiger partial charge in [0.15, 0.2) is 62.9 Å². The zero-order chi connectivity index (χ0) is 97.6. The first-order valence-corrected chi connectivity index (χ1v) is 43.0. The monoisotopic (exact) mass is 1950 g/mol. The predicted molar refractivity (Wildman–Crippen MR) is 408 cm³/mol. The smallest absolute Gasteiger partial charge is 0.394 e. The minimum absolute atomic E-state index is 0.822. The Morgan fingerprint density at radius 1 is 0.250 bits per heavy atom. The van der Waals surface area contributed by atoms with Gasteiger partial charge in [-0.2, -0.15) is 8.42 Å². The summed E-state index contributed by atoms with van der Waals surface area (Å²) in [4.78, 5) is 77.1. The summed E-state index contributed by atoms with van der Waals surface area (Å²) in [5.41, 5.74) is 0. The first-order valence-electron chi connectivity index (χ1n) is 41.6. The lowest BCUT2D eigenvalue weighted by Crippen LogP contribution is -2.71. The van der Waals surface area contributed by atoms with Crippen LogP contribution in [-0.2, 0) is 133 Å². The topological polar surface area (TPSA) is 899 Å². The van der Waals surface area contributed by atoms with Gasteiger partial charge in [-0.05, 0) is 6.92 Å². The lowest BCUT2D eigenvalue weighted by molar-refractivity contribution is -0.398. The van der Waals surface area contributed by atoms with Crippen LogP contribution < -0.4 is 31.9 Å². The molecular formula is C72H120N6O53S. The molecule has 0 spiro atoms. The molecular weight excluding hydrogens is 1830 g/mol. The number of carbonyl (C=O) groups excluding carboxylic acids is 6. The highest BCUT2D eigenvalue weighted by molar-refractivity contribution is 7.80. The van der Waals surface area contributed by atoms with E-state index >= 15 is 0 Å². The summed E-state index contributed by atoms with van der Waals surface area (Å²) in [6.45, 7) is -3.58. The quantitative estimate of drug-likeness (QED) is 0.0262. The summed E-state index contributed by atoms with van der Waals surface area (Å²) >= 11 is 0. The highest BCUT2D eigenvalue weighted by Crippen LogP contribution is 2.41. The number of ether oxygens (including phenoxy) is 19. The van der Waals surface area contributed by atoms with Crippen molar-refractivity contribution in [2.75, 3.05) is 59.5 Å². The molecule has 0 unspecified atom stereocenters. The third-order valence-corrected chi connectivity index (χ3v) is 23.9. The van der Waals surface area contributed by atoms with Gasteiger partial charge in [0.05, 0.1) is 65.6 Å². The standard InChI is InChI=1S/C72H120N6O53S/c1-17-39(92)50(103)53(106)69(114-17)112-16-32-58(45(98)33(63(108)115-32)73-18(2)86)126-65-35(75-20(4)88)48(101)57(29(13-84)119-65)127-70-54(107)60(128-72-62(52(105)42(95)26(10-81)118-72)130-68-37(77-22(6)90)47(100)56(28(12-83)121-68)125-66-38(78-23(7)91)49(102)59(30(14-85)122-66)131-132(109,110)111)43(96)31(123-70)15-113-71-61(51(104)41(94)25(9-80)117-71)129-67-36(76-21(5)89)46(99)55(27(11-82)120-67)124-64-34(74-19(3)87)44(97)40(93)24(8-79)116-64/h17,24-72,79-85,92-108H,8-16H2,1-7H3,(H,73,86)(H,74,87)(H,75,88)(H,76,89)(H,77,90)(H,78,91)(H,109,110,111)/t17-,24+,25+,26+,27+,28+,29+,30+,31+,32+,33+,34+,35+,36+,37+,38+,39+,40-,41+,42+,43+,44+,45+,46+,47+,48+,49+,50+,51-,52-,53-,54-,55+,56+,57+,58+,59-,60-,61-,62-,63+,64-,65-,66-,67-,68-,69+,70-,71-,72+/m0/s1. The van der Waals surface area contributed by atoms with Gasteiger partial charge in [0, 0.05) is 41.5 Å². The van der Waals surface area contributed by atoms with Gasteiger partial charge in [0.2, 0.25) is 35.4 Å². The SMILES string of the molecule is CC(=O)N[C@@H]1[C@@H](O)[C@H](O[C@@H]2O[C@H](CO)[C@@H](O[C@@H]3O[C@H](CO[C@H]4O[C@H](CO)[C@@H](O)[C@H](O)[C@@H]4O[C@@H]4O[C@H](CO)[C@@H](O[C@@H]5O[C@H](CO)[C@H](O)[C@H](O)[C@H]5NC(C)=O)[C@H](O)[C@H]4NC(C)=O)[C@@H](O)[C@H](O[C@H]4O[C@H](CO)[C@@H](O)[C@H](O)[C@@H]4O[C@@H]4O[C@H](CO)[C@@H](O[C@@H]5O[C@H](CO)[C@H](OS(=O)(=O)O)[C@H](O)[C@H]5NC(C)=O)[C@H](O)[C@H]4NC(C)=O)[C@@H]3O)[C@H](O)[C@H]2NC(C)=O)[C@@H](CO[C@@H]2O[C@@H](C)[C@@H](O)[C@@H](O)[C@@H]2O)O[C@H]1O. The van der Waals surface area contributed by atoms with Crippen LogP contribution in [0.3, 0.4) is 0 Å². The van der Waals surface area contributed by atoms with Crippen molar-refractivity contribution in [3.05, 3.63) is 0 Å². The molecule has 0 aromatic rings. The zero-order valence-corrected chi connectivity index (χ0v) is 72.1. The van der Waals surface area contributed by atoms with Crippen molar-refractivity contribution in [2.24, 2.45) is 0 Å². The van der Waals surface area contributed by atoms with Crippen molar-refractivity contribution < 1.29 is 258 Å². The van der Waals surface area contributed by atoms with E-state index in [-0.39, 0.29) is 0 Å². The lowest BCUT2D eigenvalue weighted by atomic mass is 9.93. The fourth-order valence-electron chi connectivity index (χ4n) is 16.8. The van der Waals surface area contributed by atoms with Crippen molar-refractivity contribution in [3.8, 4) is 0 Å². The molecule has 10 aliphatic rings. The molecule has 10 aliphatic heterocycles. The number of hydrogen-bond donors (Lipinski definition) is 31. The summed E-state index contributed by atoms with van der Waals surface area (Å²) in [7, 11) is -5.46. The number of aliphatic hydroxyl groups excluding tert-OH is 24. The Balaban J connectivity index is 0.996. The highest BCUT2D eigenvalue weighted by atomic mass is 32.3. The predicted octanol–water partition coefficient (Wildman–Crippen LogP) is -21.1. The number of carbonyl (C=O) groups is 6. The summed E-state index contributed by atoms with van der Waals surface area (Å²) in [6.07, 6.45) is -93.5. The maximum Gasteiger partial charge on any atom is 0.397 e. The number of aliphatic hydroxyl groups is 24. The summed E-state index contributed by atoms with van der Waals surface area (Å²) in [6, 6.07) is -11.5. The Hall–Kier alpha value is -5.03. The Bertz CT molecular complexity index is 3840. The van der Waals surface area contributed by atoms with Crippen LogP contribution in [0.25, 0.3) is 0 Å². The maximum atomic E-state index is 13.3. The molecule has 0 radical (unpaired) electrons. The molecule has 59 nitrogen and oxygen atoms in total. The summed E-state index contributed by atoms with van der Waals surface area (Å²) in [5.74, 6) is -5.68. The number of rotatable bonds is 35. The Morgan fingerprint density at radius 2 is 0.530 bits per heavy atom. The molecule has 10 heterocycles. The fourth-order valence-corrected chi connectivity index (χ4v) is 17.4.